The molecule has 0 saturated carbocycles. The molecule has 0 unspecified atom stereocenters. The van der Waals surface area contributed by atoms with Crippen LogP contribution in [0.5, 0.6) is 0 Å². The monoisotopic (exact) mass is 259 g/mol. The number of fused-ring (bicyclic) bond motifs is 4. The summed E-state index contributed by atoms with van der Waals surface area (Å²) in [5.41, 5.74) is 3.98. The van der Waals surface area contributed by atoms with Crippen molar-refractivity contribution in [1.29, 1.82) is 0 Å². The number of nitrogens with one attached hydrogen (secondary N) is 1. The van der Waals surface area contributed by atoms with Crippen LogP contribution in [0.25, 0.3) is 0 Å². The molecule has 0 aromatic carbocycles. The molecule has 1 aromatic rings. The molecule has 102 valence electrons. The molecule has 1 N–H and O–H groups in total. The zero-order valence-electron chi connectivity index (χ0n) is 11.6. The van der Waals surface area contributed by atoms with E-state index in [1.54, 1.807) is 0 Å². The lowest BCUT2D eigenvalue weighted by Crippen LogP contribution is -2.55. The Morgan fingerprint density at radius 2 is 2.26 bits per heavy atom. The smallest absolute Gasteiger partial charge is 0.132 e. The number of nitrogens with zero attached hydrogens (tertiary/aromatic N) is 2. The predicted molar refractivity (Wildman–Crippen MR) is 74.6 cm³/mol. The van der Waals surface area contributed by atoms with Crippen molar-refractivity contribution in [2.24, 2.45) is 0 Å². The standard InChI is InChI=1S/C15H21N3O/c1-9-7-16-8-12-5-11-6-13-10(2)19-4-3-14(13)17-15(11)18(9)12/h6,9-10,12,16H,3-5,7-8H2,1-2H3/t9-,10+,12-/m1/s1. The van der Waals surface area contributed by atoms with Crippen LogP contribution in [0.3, 0.4) is 0 Å². The maximum atomic E-state index is 5.74. The van der Waals surface area contributed by atoms with Gasteiger partial charge in [-0.2, -0.15) is 0 Å². The number of rotatable bonds is 0. The summed E-state index contributed by atoms with van der Waals surface area (Å²) >= 11 is 0. The van der Waals surface area contributed by atoms with Gasteiger partial charge < -0.3 is 15.0 Å². The van der Waals surface area contributed by atoms with Crippen molar-refractivity contribution < 1.29 is 4.74 Å². The highest BCUT2D eigenvalue weighted by Crippen LogP contribution is 2.37. The molecule has 3 atom stereocenters. The van der Waals surface area contributed by atoms with E-state index < -0.39 is 0 Å². The third-order valence-electron chi connectivity index (χ3n) is 4.72. The van der Waals surface area contributed by atoms with E-state index in [2.05, 4.69) is 30.1 Å². The van der Waals surface area contributed by atoms with Gasteiger partial charge in [0.25, 0.3) is 0 Å². The molecule has 0 bridgehead atoms. The minimum Gasteiger partial charge on any atom is -0.373 e. The Labute approximate surface area is 114 Å². The van der Waals surface area contributed by atoms with Gasteiger partial charge in [-0.1, -0.05) is 0 Å². The molecule has 0 spiro atoms. The maximum Gasteiger partial charge on any atom is 0.132 e. The average Bonchev–Trinajstić information content (AvgIpc) is 2.76. The Kier molecular flexibility index (Phi) is 2.57. The van der Waals surface area contributed by atoms with Gasteiger partial charge in [0.15, 0.2) is 0 Å². The van der Waals surface area contributed by atoms with Crippen molar-refractivity contribution in [2.75, 3.05) is 24.6 Å². The molecule has 4 heteroatoms. The molecular formula is C15H21N3O. The van der Waals surface area contributed by atoms with Gasteiger partial charge >= 0.3 is 0 Å². The molecule has 0 amide bonds. The molecule has 1 fully saturated rings. The quantitative estimate of drug-likeness (QED) is 0.765. The summed E-state index contributed by atoms with van der Waals surface area (Å²) in [4.78, 5) is 7.53. The second-order valence-corrected chi connectivity index (χ2v) is 6.04. The van der Waals surface area contributed by atoms with Crippen LogP contribution in [0.15, 0.2) is 6.07 Å². The zero-order chi connectivity index (χ0) is 13.0. The Morgan fingerprint density at radius 3 is 3.16 bits per heavy atom. The summed E-state index contributed by atoms with van der Waals surface area (Å²) < 4.78 is 5.74. The molecule has 4 rings (SSSR count). The Balaban J connectivity index is 1.79. The van der Waals surface area contributed by atoms with Crippen LogP contribution in [0.4, 0.5) is 5.82 Å². The van der Waals surface area contributed by atoms with Gasteiger partial charge in [-0.15, -0.1) is 0 Å². The normalized spacial score (nSPS) is 32.7. The topological polar surface area (TPSA) is 37.4 Å². The average molecular weight is 259 g/mol. The van der Waals surface area contributed by atoms with Crippen LogP contribution in [0.2, 0.25) is 0 Å². The van der Waals surface area contributed by atoms with Crippen LogP contribution >= 0.6 is 0 Å². The number of anilines is 1. The van der Waals surface area contributed by atoms with Gasteiger partial charge in [0.05, 0.1) is 18.4 Å². The van der Waals surface area contributed by atoms with E-state index in [1.807, 2.05) is 0 Å². The Hall–Kier alpha value is -1.13. The number of pyridine rings is 1. The van der Waals surface area contributed by atoms with Crippen LogP contribution in [0, 0.1) is 0 Å². The van der Waals surface area contributed by atoms with E-state index in [0.717, 1.165) is 32.5 Å². The van der Waals surface area contributed by atoms with E-state index in [0.29, 0.717) is 12.1 Å². The fraction of sp³-hybridized carbons (Fsp3) is 0.667. The summed E-state index contributed by atoms with van der Waals surface area (Å²) in [7, 11) is 0. The van der Waals surface area contributed by atoms with Crippen molar-refractivity contribution in [2.45, 2.75) is 44.9 Å². The SMILES string of the molecule is C[C@@H]1OCCc2nc3c(cc21)C[C@@H]1CNC[C@@H](C)N31. The van der Waals surface area contributed by atoms with E-state index in [-0.39, 0.29) is 6.10 Å². The first-order valence-corrected chi connectivity index (χ1v) is 7.37. The van der Waals surface area contributed by atoms with Crippen molar-refractivity contribution in [1.82, 2.24) is 10.3 Å². The fourth-order valence-electron chi connectivity index (χ4n) is 3.77. The maximum absolute atomic E-state index is 5.74. The largest absolute Gasteiger partial charge is 0.373 e. The van der Waals surface area contributed by atoms with Gasteiger partial charge in [-0.25, -0.2) is 4.98 Å². The van der Waals surface area contributed by atoms with Crippen molar-refractivity contribution in [3.8, 4) is 0 Å². The summed E-state index contributed by atoms with van der Waals surface area (Å²) in [6, 6.07) is 3.49. The van der Waals surface area contributed by atoms with Gasteiger partial charge in [0.1, 0.15) is 5.82 Å². The molecule has 0 radical (unpaired) electrons. The van der Waals surface area contributed by atoms with Crippen molar-refractivity contribution >= 4 is 5.82 Å². The molecule has 19 heavy (non-hydrogen) atoms. The van der Waals surface area contributed by atoms with Crippen molar-refractivity contribution in [3.05, 3.63) is 22.9 Å². The highest BCUT2D eigenvalue weighted by Gasteiger charge is 2.37. The fourth-order valence-corrected chi connectivity index (χ4v) is 3.77. The van der Waals surface area contributed by atoms with Gasteiger partial charge in [-0.05, 0) is 31.9 Å². The summed E-state index contributed by atoms with van der Waals surface area (Å²) in [6.45, 7) is 7.38. The lowest BCUT2D eigenvalue weighted by Gasteiger charge is -2.38. The summed E-state index contributed by atoms with van der Waals surface area (Å²) in [6.07, 6.45) is 2.28. The van der Waals surface area contributed by atoms with E-state index in [1.165, 1.54) is 22.6 Å². The zero-order valence-corrected chi connectivity index (χ0v) is 11.6. The van der Waals surface area contributed by atoms with Crippen molar-refractivity contribution in [3.63, 3.8) is 0 Å². The minimum atomic E-state index is 0.203. The molecule has 0 aliphatic carbocycles. The Morgan fingerprint density at radius 1 is 1.37 bits per heavy atom. The van der Waals surface area contributed by atoms with Crippen LogP contribution in [0.1, 0.15) is 36.8 Å². The number of piperazine rings is 1. The van der Waals surface area contributed by atoms with Gasteiger partial charge in [0, 0.05) is 37.2 Å². The molecule has 3 aliphatic rings. The third kappa shape index (κ3) is 1.70. The highest BCUT2D eigenvalue weighted by molar-refractivity contribution is 5.58. The lowest BCUT2D eigenvalue weighted by atomic mass is 10.0. The molecule has 4 heterocycles. The lowest BCUT2D eigenvalue weighted by molar-refractivity contribution is 0.0542. The number of aromatic nitrogens is 1. The van der Waals surface area contributed by atoms with E-state index >= 15 is 0 Å². The van der Waals surface area contributed by atoms with Gasteiger partial charge in [-0.3, -0.25) is 0 Å². The first kappa shape index (κ1) is 11.7. The van der Waals surface area contributed by atoms with Crippen LogP contribution < -0.4 is 10.2 Å². The Bertz CT molecular complexity index is 516. The molecule has 4 nitrogen and oxygen atoms in total. The second-order valence-electron chi connectivity index (χ2n) is 6.04. The first-order valence-electron chi connectivity index (χ1n) is 7.37. The number of ether oxygens (including phenoxy) is 1. The molecule has 1 aromatic heterocycles. The number of hydrogen-bond acceptors (Lipinski definition) is 4. The summed E-state index contributed by atoms with van der Waals surface area (Å²) in [5.74, 6) is 1.24. The van der Waals surface area contributed by atoms with Gasteiger partial charge in [0.2, 0.25) is 0 Å². The minimum absolute atomic E-state index is 0.203. The first-order chi connectivity index (χ1) is 9.24. The predicted octanol–water partition coefficient (Wildman–Crippen LogP) is 1.44. The van der Waals surface area contributed by atoms with E-state index in [9.17, 15) is 0 Å². The number of hydrogen-bond donors (Lipinski definition) is 1. The van der Waals surface area contributed by atoms with Crippen LogP contribution in [-0.2, 0) is 17.6 Å². The van der Waals surface area contributed by atoms with E-state index in [4.69, 9.17) is 9.72 Å². The molecule has 3 aliphatic heterocycles. The highest BCUT2D eigenvalue weighted by atomic mass is 16.5. The summed E-state index contributed by atoms with van der Waals surface area (Å²) in [5, 5.41) is 3.52. The third-order valence-corrected chi connectivity index (χ3v) is 4.72. The molecular weight excluding hydrogens is 238 g/mol. The van der Waals surface area contributed by atoms with Crippen LogP contribution in [-0.4, -0.2) is 36.8 Å². The molecule has 1 saturated heterocycles. The second kappa shape index (κ2) is 4.18.